The quantitative estimate of drug-likeness (QED) is 0.364. The monoisotopic (exact) mass is 440 g/mol. The summed E-state index contributed by atoms with van der Waals surface area (Å²) in [7, 11) is 0. The van der Waals surface area contributed by atoms with Crippen molar-refractivity contribution >= 4 is 33.9 Å². The van der Waals surface area contributed by atoms with Gasteiger partial charge in [0.1, 0.15) is 30.0 Å². The highest BCUT2D eigenvalue weighted by atomic mass is 35.5. The Morgan fingerprint density at radius 1 is 1.19 bits per heavy atom. The van der Waals surface area contributed by atoms with E-state index in [0.29, 0.717) is 51.1 Å². The van der Waals surface area contributed by atoms with Crippen LogP contribution < -0.4 is 15.2 Å². The van der Waals surface area contributed by atoms with Gasteiger partial charge in [-0.1, -0.05) is 25.4 Å². The van der Waals surface area contributed by atoms with Crippen molar-refractivity contribution in [2.45, 2.75) is 20.0 Å². The highest BCUT2D eigenvalue weighted by Crippen LogP contribution is 2.38. The molecule has 0 amide bonds. The Bertz CT molecular complexity index is 1100. The molecular formula is C23H25ClN4O3. The maximum absolute atomic E-state index is 10.3. The molecule has 1 aromatic heterocycles. The van der Waals surface area contributed by atoms with Crippen LogP contribution in [0.5, 0.6) is 17.2 Å². The topological polar surface area (TPSA) is 85.2 Å². The molecule has 162 valence electrons. The lowest BCUT2D eigenvalue weighted by Crippen LogP contribution is -2.35. The molecule has 31 heavy (non-hydrogen) atoms. The van der Waals surface area contributed by atoms with Crippen molar-refractivity contribution in [3.8, 4) is 17.2 Å². The van der Waals surface area contributed by atoms with E-state index in [0.717, 1.165) is 13.1 Å². The molecule has 0 fully saturated rings. The predicted molar refractivity (Wildman–Crippen MR) is 123 cm³/mol. The second-order valence-corrected chi connectivity index (χ2v) is 7.40. The van der Waals surface area contributed by atoms with Gasteiger partial charge in [-0.05, 0) is 43.4 Å². The average Bonchev–Trinajstić information content (AvgIpc) is 2.78. The summed E-state index contributed by atoms with van der Waals surface area (Å²) in [4.78, 5) is 10.1. The summed E-state index contributed by atoms with van der Waals surface area (Å²) in [5.74, 6) is 1.43. The summed E-state index contributed by atoms with van der Waals surface area (Å²) < 4.78 is 11.7. The van der Waals surface area contributed by atoms with E-state index >= 15 is 0 Å². The number of aliphatic hydroxyl groups is 1. The van der Waals surface area contributed by atoms with E-state index in [2.05, 4.69) is 14.7 Å². The van der Waals surface area contributed by atoms with Crippen molar-refractivity contribution in [2.24, 2.45) is 0 Å². The SMILES string of the molecule is [C-]#[N+]c1cc2c(Oc3ccc(N)c(Cl)c3)ccnc2cc1OC[C@@H](O)CN(CC)CC. The molecular weight excluding hydrogens is 416 g/mol. The van der Waals surface area contributed by atoms with Gasteiger partial charge in [-0.2, -0.15) is 0 Å². The van der Waals surface area contributed by atoms with E-state index in [1.54, 1.807) is 42.6 Å². The summed E-state index contributed by atoms with van der Waals surface area (Å²) in [5.41, 5.74) is 7.15. The molecule has 0 unspecified atom stereocenters. The Morgan fingerprint density at radius 2 is 1.97 bits per heavy atom. The number of benzene rings is 2. The van der Waals surface area contributed by atoms with Crippen LogP contribution in [0.25, 0.3) is 15.7 Å². The van der Waals surface area contributed by atoms with Crippen molar-refractivity contribution in [3.05, 3.63) is 59.0 Å². The largest absolute Gasteiger partial charge is 0.502 e. The Hall–Kier alpha value is -3.05. The number of hydrogen-bond acceptors (Lipinski definition) is 6. The lowest BCUT2D eigenvalue weighted by molar-refractivity contribution is 0.0720. The Kier molecular flexibility index (Phi) is 7.53. The first-order valence-electron chi connectivity index (χ1n) is 10.0. The Morgan fingerprint density at radius 3 is 2.65 bits per heavy atom. The summed E-state index contributed by atoms with van der Waals surface area (Å²) in [5, 5.41) is 11.3. The number of pyridine rings is 1. The minimum Gasteiger partial charge on any atom is -0.502 e. The molecule has 0 saturated heterocycles. The smallest absolute Gasteiger partial charge is 0.229 e. The zero-order valence-corrected chi connectivity index (χ0v) is 18.3. The van der Waals surface area contributed by atoms with Gasteiger partial charge in [0.25, 0.3) is 0 Å². The normalized spacial score (nSPS) is 12.0. The van der Waals surface area contributed by atoms with Crippen molar-refractivity contribution in [1.82, 2.24) is 9.88 Å². The number of nitrogens with zero attached hydrogens (tertiary/aromatic N) is 3. The van der Waals surface area contributed by atoms with Crippen LogP contribution in [0.3, 0.4) is 0 Å². The number of likely N-dealkylation sites (N-methyl/N-ethyl adjacent to an activating group) is 1. The van der Waals surface area contributed by atoms with Crippen LogP contribution in [-0.4, -0.2) is 47.3 Å². The number of hydrogen-bond donors (Lipinski definition) is 2. The zero-order chi connectivity index (χ0) is 22.4. The summed E-state index contributed by atoms with van der Waals surface area (Å²) >= 11 is 6.08. The molecule has 2 aromatic carbocycles. The molecule has 0 spiro atoms. The lowest BCUT2D eigenvalue weighted by atomic mass is 10.1. The van der Waals surface area contributed by atoms with E-state index < -0.39 is 6.10 Å². The summed E-state index contributed by atoms with van der Waals surface area (Å²) in [6.07, 6.45) is 0.958. The standard InChI is InChI=1S/C23H25ClN4O3/c1-4-28(5-2)13-15(29)14-30-23-12-20-17(11-21(23)26-3)22(8-9-27-20)31-16-6-7-19(25)18(24)10-16/h6-12,15,29H,4-5,13-14,25H2,1-2H3/t15-/m0/s1. The predicted octanol–water partition coefficient (Wildman–Crippen LogP) is 4.89. The van der Waals surface area contributed by atoms with Crippen LogP contribution in [0.1, 0.15) is 13.8 Å². The van der Waals surface area contributed by atoms with E-state index in [9.17, 15) is 5.11 Å². The highest BCUT2D eigenvalue weighted by molar-refractivity contribution is 6.33. The van der Waals surface area contributed by atoms with Crippen LogP contribution in [0.2, 0.25) is 5.02 Å². The minimum atomic E-state index is -0.660. The summed E-state index contributed by atoms with van der Waals surface area (Å²) in [6, 6.07) is 10.1. The molecule has 0 radical (unpaired) electrons. The minimum absolute atomic E-state index is 0.0880. The number of aliphatic hydroxyl groups excluding tert-OH is 1. The van der Waals surface area contributed by atoms with Gasteiger partial charge in [-0.3, -0.25) is 4.98 Å². The lowest BCUT2D eigenvalue weighted by Gasteiger charge is -2.22. The number of anilines is 1. The Balaban J connectivity index is 1.84. The fraction of sp³-hybridized carbons (Fsp3) is 0.304. The van der Waals surface area contributed by atoms with Gasteiger partial charge in [0.2, 0.25) is 5.69 Å². The van der Waals surface area contributed by atoms with E-state index in [4.69, 9.17) is 33.4 Å². The first-order valence-corrected chi connectivity index (χ1v) is 10.4. The van der Waals surface area contributed by atoms with Gasteiger partial charge in [-0.25, -0.2) is 4.85 Å². The van der Waals surface area contributed by atoms with Crippen LogP contribution in [-0.2, 0) is 0 Å². The molecule has 0 aliphatic heterocycles. The number of nitrogen functional groups attached to an aromatic ring is 1. The zero-order valence-electron chi connectivity index (χ0n) is 17.5. The molecule has 8 heteroatoms. The van der Waals surface area contributed by atoms with E-state index in [1.807, 2.05) is 13.8 Å². The molecule has 0 saturated carbocycles. The van der Waals surface area contributed by atoms with Crippen molar-refractivity contribution in [2.75, 3.05) is 32.0 Å². The number of ether oxygens (including phenoxy) is 2. The third-order valence-corrected chi connectivity index (χ3v) is 5.22. The van der Waals surface area contributed by atoms with Crippen molar-refractivity contribution < 1.29 is 14.6 Å². The van der Waals surface area contributed by atoms with Crippen molar-refractivity contribution in [3.63, 3.8) is 0 Å². The van der Waals surface area contributed by atoms with Gasteiger partial charge in [0, 0.05) is 24.2 Å². The number of rotatable bonds is 9. The number of nitrogens with two attached hydrogens (primary N) is 1. The molecule has 1 atom stereocenters. The van der Waals surface area contributed by atoms with Gasteiger partial charge in [0.05, 0.1) is 22.8 Å². The molecule has 3 aromatic rings. The third kappa shape index (κ3) is 5.56. The molecule has 3 N–H and O–H groups in total. The Labute approximate surface area is 186 Å². The number of fused-ring (bicyclic) bond motifs is 1. The molecule has 0 aliphatic rings. The number of aromatic nitrogens is 1. The maximum atomic E-state index is 10.3. The average molecular weight is 441 g/mol. The molecule has 0 bridgehead atoms. The van der Waals surface area contributed by atoms with Gasteiger partial charge >= 0.3 is 0 Å². The van der Waals surface area contributed by atoms with Crippen LogP contribution in [0.15, 0.2) is 42.6 Å². The summed E-state index contributed by atoms with van der Waals surface area (Å²) in [6.45, 7) is 13.9. The molecule has 3 rings (SSSR count). The van der Waals surface area contributed by atoms with E-state index in [1.165, 1.54) is 0 Å². The van der Waals surface area contributed by atoms with Gasteiger partial charge in [0.15, 0.2) is 0 Å². The highest BCUT2D eigenvalue weighted by Gasteiger charge is 2.15. The van der Waals surface area contributed by atoms with Gasteiger partial charge < -0.3 is 25.2 Å². The van der Waals surface area contributed by atoms with Crippen LogP contribution >= 0.6 is 11.6 Å². The number of halogens is 1. The first kappa shape index (κ1) is 22.6. The van der Waals surface area contributed by atoms with Gasteiger partial charge in [-0.15, -0.1) is 0 Å². The fourth-order valence-electron chi connectivity index (χ4n) is 3.15. The third-order valence-electron chi connectivity index (χ3n) is 4.90. The van der Waals surface area contributed by atoms with Crippen LogP contribution in [0.4, 0.5) is 11.4 Å². The maximum Gasteiger partial charge on any atom is 0.229 e. The molecule has 1 heterocycles. The van der Waals surface area contributed by atoms with Crippen LogP contribution in [0, 0.1) is 6.57 Å². The molecule has 7 nitrogen and oxygen atoms in total. The second kappa shape index (κ2) is 10.3. The fourth-order valence-corrected chi connectivity index (χ4v) is 3.32. The second-order valence-electron chi connectivity index (χ2n) is 6.99. The first-order chi connectivity index (χ1) is 14.9. The molecule has 0 aliphatic carbocycles. The van der Waals surface area contributed by atoms with E-state index in [-0.39, 0.29) is 6.61 Å². The van der Waals surface area contributed by atoms with Crippen molar-refractivity contribution in [1.29, 1.82) is 0 Å².